The van der Waals surface area contributed by atoms with Crippen molar-refractivity contribution in [1.82, 2.24) is 4.90 Å². The molecule has 1 aliphatic heterocycles. The van der Waals surface area contributed by atoms with Gasteiger partial charge in [-0.3, -0.25) is 9.79 Å². The van der Waals surface area contributed by atoms with Crippen LogP contribution in [-0.2, 0) is 9.84 Å². The summed E-state index contributed by atoms with van der Waals surface area (Å²) < 4.78 is 22.7. The average Bonchev–Trinajstić information content (AvgIpc) is 2.38. The fourth-order valence-corrected chi connectivity index (χ4v) is 3.10. The molecule has 2 rings (SSSR count). The van der Waals surface area contributed by atoms with Crippen LogP contribution in [0, 0.1) is 0 Å². The highest BCUT2D eigenvalue weighted by molar-refractivity contribution is 8.26. The standard InChI is InChI=1S/C12H14N2O3S2/c1-3-14-8-13-11(18-12(14)15)9-4-6-10(7-5-9)19(2,16)17/h4-7H,3,8H2,1-2H3. The molecule has 0 aromatic heterocycles. The Morgan fingerprint density at radius 2 is 1.95 bits per heavy atom. The van der Waals surface area contributed by atoms with E-state index in [1.54, 1.807) is 17.0 Å². The predicted octanol–water partition coefficient (Wildman–Crippen LogP) is 1.98. The number of thioether (sulfide) groups is 1. The Hall–Kier alpha value is -1.34. The Bertz CT molecular complexity index is 621. The minimum Gasteiger partial charge on any atom is -0.314 e. The van der Waals surface area contributed by atoms with Crippen molar-refractivity contribution in [3.05, 3.63) is 29.8 Å². The molecule has 0 atom stereocenters. The van der Waals surface area contributed by atoms with E-state index in [0.29, 0.717) is 18.3 Å². The number of hydrogen-bond acceptors (Lipinski definition) is 5. The molecule has 0 unspecified atom stereocenters. The van der Waals surface area contributed by atoms with E-state index in [1.165, 1.54) is 12.1 Å². The number of carbonyl (C=O) groups excluding carboxylic acids is 1. The van der Waals surface area contributed by atoms with Gasteiger partial charge in [-0.2, -0.15) is 0 Å². The molecule has 102 valence electrons. The molecular weight excluding hydrogens is 284 g/mol. The van der Waals surface area contributed by atoms with Gasteiger partial charge < -0.3 is 4.90 Å². The summed E-state index contributed by atoms with van der Waals surface area (Å²) in [5.74, 6) is 0. The zero-order valence-corrected chi connectivity index (χ0v) is 12.3. The van der Waals surface area contributed by atoms with Gasteiger partial charge in [0.25, 0.3) is 5.24 Å². The zero-order valence-electron chi connectivity index (χ0n) is 10.7. The van der Waals surface area contributed by atoms with Crippen LogP contribution in [-0.4, -0.2) is 43.1 Å². The second-order valence-electron chi connectivity index (χ2n) is 4.13. The normalized spacial score (nSPS) is 16.4. The highest BCUT2D eigenvalue weighted by Gasteiger charge is 2.21. The van der Waals surface area contributed by atoms with Crippen LogP contribution in [0.4, 0.5) is 4.79 Å². The van der Waals surface area contributed by atoms with Crippen molar-refractivity contribution in [3.8, 4) is 0 Å². The first-order valence-corrected chi connectivity index (χ1v) is 8.44. The van der Waals surface area contributed by atoms with Gasteiger partial charge in [0.1, 0.15) is 11.7 Å². The molecule has 0 N–H and O–H groups in total. The molecule has 0 saturated carbocycles. The van der Waals surface area contributed by atoms with Crippen molar-refractivity contribution >= 4 is 31.9 Å². The molecule has 0 fully saturated rings. The number of amides is 1. The summed E-state index contributed by atoms with van der Waals surface area (Å²) >= 11 is 1.07. The van der Waals surface area contributed by atoms with Crippen molar-refractivity contribution in [1.29, 1.82) is 0 Å². The van der Waals surface area contributed by atoms with Gasteiger partial charge in [0, 0.05) is 18.4 Å². The summed E-state index contributed by atoms with van der Waals surface area (Å²) in [5.41, 5.74) is 0.765. The Morgan fingerprint density at radius 1 is 1.32 bits per heavy atom. The number of aliphatic imine (C=N–C) groups is 1. The van der Waals surface area contributed by atoms with Gasteiger partial charge in [-0.25, -0.2) is 8.42 Å². The van der Waals surface area contributed by atoms with Crippen molar-refractivity contribution in [3.63, 3.8) is 0 Å². The third kappa shape index (κ3) is 3.16. The second-order valence-corrected chi connectivity index (χ2v) is 7.08. The Morgan fingerprint density at radius 3 is 2.42 bits per heavy atom. The molecule has 0 aliphatic carbocycles. The van der Waals surface area contributed by atoms with E-state index >= 15 is 0 Å². The summed E-state index contributed by atoms with van der Waals surface area (Å²) in [6, 6.07) is 6.42. The smallest absolute Gasteiger partial charge is 0.289 e. The van der Waals surface area contributed by atoms with E-state index in [0.717, 1.165) is 23.6 Å². The SMILES string of the molecule is CCN1CN=C(c2ccc(S(C)(=O)=O)cc2)SC1=O. The molecule has 1 aliphatic rings. The summed E-state index contributed by atoms with van der Waals surface area (Å²) in [5, 5.41) is 0.606. The molecule has 1 aromatic rings. The summed E-state index contributed by atoms with van der Waals surface area (Å²) in [6.45, 7) is 2.89. The number of rotatable bonds is 3. The van der Waals surface area contributed by atoms with Crippen molar-refractivity contribution in [2.75, 3.05) is 19.5 Å². The van der Waals surface area contributed by atoms with E-state index in [1.807, 2.05) is 6.92 Å². The van der Waals surface area contributed by atoms with E-state index in [4.69, 9.17) is 0 Å². The largest absolute Gasteiger partial charge is 0.314 e. The molecule has 19 heavy (non-hydrogen) atoms. The highest BCUT2D eigenvalue weighted by atomic mass is 32.2. The van der Waals surface area contributed by atoms with Crippen molar-refractivity contribution in [2.24, 2.45) is 4.99 Å². The van der Waals surface area contributed by atoms with Gasteiger partial charge >= 0.3 is 0 Å². The first kappa shape index (κ1) is 14.1. The van der Waals surface area contributed by atoms with E-state index in [2.05, 4.69) is 4.99 Å². The van der Waals surface area contributed by atoms with Gasteiger partial charge in [0.2, 0.25) is 0 Å². The third-order valence-electron chi connectivity index (χ3n) is 2.74. The molecule has 0 saturated heterocycles. The average molecular weight is 298 g/mol. The topological polar surface area (TPSA) is 66.8 Å². The number of carbonyl (C=O) groups is 1. The monoisotopic (exact) mass is 298 g/mol. The number of hydrogen-bond donors (Lipinski definition) is 0. The molecule has 0 radical (unpaired) electrons. The number of sulfone groups is 1. The van der Waals surface area contributed by atoms with Crippen LogP contribution < -0.4 is 0 Å². The molecular formula is C12H14N2O3S2. The molecule has 5 nitrogen and oxygen atoms in total. The molecule has 1 heterocycles. The Balaban J connectivity index is 2.25. The van der Waals surface area contributed by atoms with Gasteiger partial charge in [0.05, 0.1) is 4.90 Å². The molecule has 0 bridgehead atoms. The Kier molecular flexibility index (Phi) is 3.96. The first-order valence-electron chi connectivity index (χ1n) is 5.73. The van der Waals surface area contributed by atoms with Crippen LogP contribution >= 0.6 is 11.8 Å². The maximum atomic E-state index is 11.7. The first-order chi connectivity index (χ1) is 8.91. The lowest BCUT2D eigenvalue weighted by atomic mass is 10.2. The third-order valence-corrected chi connectivity index (χ3v) is 4.86. The van der Waals surface area contributed by atoms with Crippen LogP contribution in [0.15, 0.2) is 34.2 Å². The van der Waals surface area contributed by atoms with Crippen LogP contribution in [0.25, 0.3) is 0 Å². The quantitative estimate of drug-likeness (QED) is 0.856. The molecule has 1 amide bonds. The lowest BCUT2D eigenvalue weighted by Crippen LogP contribution is -2.32. The van der Waals surface area contributed by atoms with Gasteiger partial charge in [-0.15, -0.1) is 0 Å². The van der Waals surface area contributed by atoms with Crippen LogP contribution in [0.2, 0.25) is 0 Å². The van der Waals surface area contributed by atoms with E-state index in [-0.39, 0.29) is 10.1 Å². The summed E-state index contributed by atoms with van der Waals surface area (Å²) in [7, 11) is -3.20. The van der Waals surface area contributed by atoms with Crippen molar-refractivity contribution in [2.45, 2.75) is 11.8 Å². The van der Waals surface area contributed by atoms with Gasteiger partial charge in [-0.1, -0.05) is 12.1 Å². The van der Waals surface area contributed by atoms with Crippen LogP contribution in [0.5, 0.6) is 0 Å². The molecule has 7 heteroatoms. The predicted molar refractivity (Wildman–Crippen MR) is 76.3 cm³/mol. The van der Waals surface area contributed by atoms with Crippen molar-refractivity contribution < 1.29 is 13.2 Å². The van der Waals surface area contributed by atoms with Crippen LogP contribution in [0.1, 0.15) is 12.5 Å². The lowest BCUT2D eigenvalue weighted by Gasteiger charge is -2.23. The summed E-state index contributed by atoms with van der Waals surface area (Å²) in [6.07, 6.45) is 1.16. The zero-order chi connectivity index (χ0) is 14.0. The van der Waals surface area contributed by atoms with E-state index < -0.39 is 9.84 Å². The lowest BCUT2D eigenvalue weighted by molar-refractivity contribution is 0.227. The maximum Gasteiger partial charge on any atom is 0.289 e. The molecule has 0 spiro atoms. The van der Waals surface area contributed by atoms with Crippen LogP contribution in [0.3, 0.4) is 0 Å². The highest BCUT2D eigenvalue weighted by Crippen LogP contribution is 2.23. The van der Waals surface area contributed by atoms with E-state index in [9.17, 15) is 13.2 Å². The van der Waals surface area contributed by atoms with Gasteiger partial charge in [-0.05, 0) is 30.8 Å². The number of benzene rings is 1. The minimum absolute atomic E-state index is 0.0281. The fourth-order valence-electron chi connectivity index (χ4n) is 1.61. The van der Waals surface area contributed by atoms with Gasteiger partial charge in [0.15, 0.2) is 9.84 Å². The Labute approximate surface area is 116 Å². The summed E-state index contributed by atoms with van der Waals surface area (Å²) in [4.78, 5) is 18.0. The fraction of sp³-hybridized carbons (Fsp3) is 0.333. The molecule has 1 aromatic carbocycles. The second kappa shape index (κ2) is 5.34. The minimum atomic E-state index is -3.20. The number of nitrogens with zero attached hydrogens (tertiary/aromatic N) is 2. The maximum absolute atomic E-state index is 11.7.